The first kappa shape index (κ1) is 23.3. The fraction of sp³-hybridized carbons (Fsp3) is 0.346. The van der Waals surface area contributed by atoms with Crippen LogP contribution in [0.3, 0.4) is 0 Å². The Morgan fingerprint density at radius 2 is 2.06 bits per heavy atom. The first-order chi connectivity index (χ1) is 15.3. The number of nitrogens with zero attached hydrogens (tertiary/aromatic N) is 3. The Morgan fingerprint density at radius 3 is 2.75 bits per heavy atom. The summed E-state index contributed by atoms with van der Waals surface area (Å²) < 4.78 is 2.21. The Kier molecular flexibility index (Phi) is 7.46. The number of rotatable bonds is 7. The molecule has 0 aliphatic heterocycles. The summed E-state index contributed by atoms with van der Waals surface area (Å²) in [6.45, 7) is 10.9. The fourth-order valence-corrected chi connectivity index (χ4v) is 4.11. The van der Waals surface area contributed by atoms with Gasteiger partial charge in [-0.2, -0.15) is 0 Å². The highest BCUT2D eigenvalue weighted by Crippen LogP contribution is 2.45. The van der Waals surface area contributed by atoms with Crippen molar-refractivity contribution in [3.05, 3.63) is 89.9 Å². The highest BCUT2D eigenvalue weighted by atomic mass is 16.1. The SMILES string of the molecule is CC(C=CC1=C(C)C(n2ccnc2)CCC1(C)C)=CC=C/C(C)=C\C(=O)Nc1ncc[nH]1. The molecule has 2 N–H and O–H groups in total. The van der Waals surface area contributed by atoms with E-state index in [4.69, 9.17) is 0 Å². The molecule has 32 heavy (non-hydrogen) atoms. The van der Waals surface area contributed by atoms with Crippen LogP contribution in [0.25, 0.3) is 0 Å². The molecular weight excluding hydrogens is 398 g/mol. The molecule has 2 aromatic rings. The molecule has 0 fully saturated rings. The number of aromatic amines is 1. The smallest absolute Gasteiger partial charge is 0.250 e. The molecule has 0 spiro atoms. The van der Waals surface area contributed by atoms with Crippen LogP contribution in [0.4, 0.5) is 5.95 Å². The zero-order chi connectivity index (χ0) is 23.1. The first-order valence-corrected chi connectivity index (χ1v) is 11.0. The van der Waals surface area contributed by atoms with Crippen molar-refractivity contribution in [3.8, 4) is 0 Å². The summed E-state index contributed by atoms with van der Waals surface area (Å²) >= 11 is 0. The molecule has 1 aliphatic rings. The summed E-state index contributed by atoms with van der Waals surface area (Å²) in [6.07, 6.45) is 23.3. The van der Waals surface area contributed by atoms with Gasteiger partial charge in [0.25, 0.3) is 5.91 Å². The molecule has 2 aromatic heterocycles. The molecule has 6 heteroatoms. The quantitative estimate of drug-likeness (QED) is 0.421. The molecule has 0 bridgehead atoms. The van der Waals surface area contributed by atoms with Gasteiger partial charge in [0.2, 0.25) is 5.95 Å². The van der Waals surface area contributed by atoms with Gasteiger partial charge in [-0.15, -0.1) is 0 Å². The molecule has 1 amide bonds. The number of anilines is 1. The summed E-state index contributed by atoms with van der Waals surface area (Å²) in [5.74, 6) is 0.228. The van der Waals surface area contributed by atoms with E-state index in [-0.39, 0.29) is 11.3 Å². The Morgan fingerprint density at radius 1 is 1.25 bits per heavy atom. The average Bonchev–Trinajstić information content (AvgIpc) is 3.41. The second-order valence-corrected chi connectivity index (χ2v) is 8.96. The topological polar surface area (TPSA) is 75.6 Å². The molecule has 2 heterocycles. The predicted octanol–water partition coefficient (Wildman–Crippen LogP) is 5.93. The van der Waals surface area contributed by atoms with E-state index in [0.29, 0.717) is 12.0 Å². The van der Waals surface area contributed by atoms with Crippen LogP contribution in [0.2, 0.25) is 0 Å². The molecule has 0 radical (unpaired) electrons. The van der Waals surface area contributed by atoms with Crippen LogP contribution >= 0.6 is 0 Å². The van der Waals surface area contributed by atoms with Crippen molar-refractivity contribution in [1.29, 1.82) is 0 Å². The second kappa shape index (κ2) is 10.3. The van der Waals surface area contributed by atoms with Crippen LogP contribution in [0.15, 0.2) is 89.9 Å². The minimum absolute atomic E-state index is 0.147. The molecule has 168 valence electrons. The van der Waals surface area contributed by atoms with Crippen LogP contribution in [0.1, 0.15) is 53.5 Å². The number of aromatic nitrogens is 4. The van der Waals surface area contributed by atoms with Gasteiger partial charge in [-0.05, 0) is 55.7 Å². The zero-order valence-corrected chi connectivity index (χ0v) is 19.6. The van der Waals surface area contributed by atoms with Gasteiger partial charge in [-0.25, -0.2) is 9.97 Å². The minimum Gasteiger partial charge on any atom is -0.331 e. The zero-order valence-electron chi connectivity index (χ0n) is 19.6. The van der Waals surface area contributed by atoms with E-state index >= 15 is 0 Å². The molecule has 1 unspecified atom stereocenters. The van der Waals surface area contributed by atoms with Crippen LogP contribution in [-0.4, -0.2) is 25.4 Å². The van der Waals surface area contributed by atoms with Crippen molar-refractivity contribution >= 4 is 11.9 Å². The van der Waals surface area contributed by atoms with Gasteiger partial charge < -0.3 is 9.55 Å². The van der Waals surface area contributed by atoms with E-state index in [1.165, 1.54) is 11.1 Å². The predicted molar refractivity (Wildman–Crippen MR) is 130 cm³/mol. The van der Waals surface area contributed by atoms with Crippen molar-refractivity contribution in [2.45, 2.75) is 53.5 Å². The molecule has 0 saturated heterocycles. The van der Waals surface area contributed by atoms with Gasteiger partial charge in [0, 0.05) is 30.9 Å². The van der Waals surface area contributed by atoms with Crippen molar-refractivity contribution in [2.24, 2.45) is 5.41 Å². The van der Waals surface area contributed by atoms with Crippen molar-refractivity contribution < 1.29 is 4.79 Å². The molecule has 1 aliphatic carbocycles. The number of carbonyl (C=O) groups is 1. The third kappa shape index (κ3) is 6.06. The molecule has 1 atom stereocenters. The third-order valence-corrected chi connectivity index (χ3v) is 5.91. The number of hydrogen-bond acceptors (Lipinski definition) is 3. The Hall–Kier alpha value is -3.41. The third-order valence-electron chi connectivity index (χ3n) is 5.91. The Bertz CT molecular complexity index is 1060. The van der Waals surface area contributed by atoms with Gasteiger partial charge in [0.1, 0.15) is 0 Å². The van der Waals surface area contributed by atoms with Crippen molar-refractivity contribution in [3.63, 3.8) is 0 Å². The standard InChI is InChI=1S/C26H33N5O/c1-19(7-6-8-20(2)17-24(32)30-25-28-13-14-29-25)9-10-22-21(3)23(11-12-26(22,4)5)31-16-15-27-18-31/h6-10,13-18,23H,11-12H2,1-5H3,(H2,28,29,30,32)/b8-6?,10-9?,19-7?,20-17-. The largest absolute Gasteiger partial charge is 0.331 e. The summed E-state index contributed by atoms with van der Waals surface area (Å²) in [7, 11) is 0. The van der Waals surface area contributed by atoms with Gasteiger partial charge in [-0.1, -0.05) is 49.8 Å². The average molecular weight is 432 g/mol. The molecule has 0 saturated carbocycles. The lowest BCUT2D eigenvalue weighted by Gasteiger charge is -2.37. The van der Waals surface area contributed by atoms with E-state index in [1.54, 1.807) is 18.5 Å². The summed E-state index contributed by atoms with van der Waals surface area (Å²) in [4.78, 5) is 23.0. The summed E-state index contributed by atoms with van der Waals surface area (Å²) in [5, 5.41) is 2.68. The molecule has 6 nitrogen and oxygen atoms in total. The number of hydrogen-bond donors (Lipinski definition) is 2. The number of allylic oxidation sites excluding steroid dienone is 9. The first-order valence-electron chi connectivity index (χ1n) is 11.0. The maximum atomic E-state index is 12.0. The van der Waals surface area contributed by atoms with E-state index in [2.05, 4.69) is 77.0 Å². The lowest BCUT2D eigenvalue weighted by molar-refractivity contribution is -0.112. The highest BCUT2D eigenvalue weighted by molar-refractivity contribution is 5.98. The van der Waals surface area contributed by atoms with Crippen molar-refractivity contribution in [1.82, 2.24) is 19.5 Å². The molecule has 0 aromatic carbocycles. The molecular formula is C26H33N5O. The lowest BCUT2D eigenvalue weighted by atomic mass is 9.71. The van der Waals surface area contributed by atoms with E-state index in [0.717, 1.165) is 24.0 Å². The Labute approximate surface area is 190 Å². The number of carbonyl (C=O) groups excluding carboxylic acids is 1. The van der Waals surface area contributed by atoms with Gasteiger partial charge in [0.05, 0.1) is 12.4 Å². The number of nitrogens with one attached hydrogen (secondary N) is 2. The highest BCUT2D eigenvalue weighted by Gasteiger charge is 2.32. The van der Waals surface area contributed by atoms with Crippen LogP contribution in [0.5, 0.6) is 0 Å². The van der Waals surface area contributed by atoms with Crippen molar-refractivity contribution in [2.75, 3.05) is 5.32 Å². The molecule has 3 rings (SSSR count). The van der Waals surface area contributed by atoms with Gasteiger partial charge >= 0.3 is 0 Å². The maximum Gasteiger partial charge on any atom is 0.250 e. The second-order valence-electron chi connectivity index (χ2n) is 8.96. The van der Waals surface area contributed by atoms with E-state index in [1.807, 2.05) is 31.6 Å². The minimum atomic E-state index is -0.211. The number of imidazole rings is 2. The number of amides is 1. The fourth-order valence-electron chi connectivity index (χ4n) is 4.11. The van der Waals surface area contributed by atoms with E-state index < -0.39 is 0 Å². The van der Waals surface area contributed by atoms with Gasteiger partial charge in [-0.3, -0.25) is 10.1 Å². The van der Waals surface area contributed by atoms with Crippen LogP contribution in [0, 0.1) is 5.41 Å². The maximum absolute atomic E-state index is 12.0. The Balaban J connectivity index is 1.67. The van der Waals surface area contributed by atoms with E-state index in [9.17, 15) is 4.79 Å². The summed E-state index contributed by atoms with van der Waals surface area (Å²) in [5.41, 5.74) is 4.95. The van der Waals surface area contributed by atoms with Gasteiger partial charge in [0.15, 0.2) is 0 Å². The van der Waals surface area contributed by atoms with Crippen LogP contribution < -0.4 is 5.32 Å². The normalized spacial score (nSPS) is 19.8. The summed E-state index contributed by atoms with van der Waals surface area (Å²) in [6, 6.07) is 0.370. The monoisotopic (exact) mass is 431 g/mol. The van der Waals surface area contributed by atoms with Crippen LogP contribution in [-0.2, 0) is 4.79 Å². The number of H-pyrrole nitrogens is 1. The lowest BCUT2D eigenvalue weighted by Crippen LogP contribution is -2.25.